The van der Waals surface area contributed by atoms with E-state index in [4.69, 9.17) is 4.74 Å². The van der Waals surface area contributed by atoms with Gasteiger partial charge in [-0.2, -0.15) is 5.11 Å². The average molecular weight is 451 g/mol. The van der Waals surface area contributed by atoms with E-state index < -0.39 is 0 Å². The molecule has 2 aromatic rings. The minimum atomic E-state index is 0.746. The second-order valence-electron chi connectivity index (χ2n) is 9.16. The Morgan fingerprint density at radius 1 is 0.515 bits per heavy atom. The van der Waals surface area contributed by atoms with Crippen LogP contribution in [-0.4, -0.2) is 6.61 Å². The van der Waals surface area contributed by atoms with E-state index in [2.05, 4.69) is 17.2 Å². The lowest BCUT2D eigenvalue weighted by Gasteiger charge is -2.08. The van der Waals surface area contributed by atoms with E-state index in [0.29, 0.717) is 0 Å². The van der Waals surface area contributed by atoms with Gasteiger partial charge in [0, 0.05) is 0 Å². The maximum absolute atomic E-state index is 5.99. The molecular formula is C30H46N2O. The van der Waals surface area contributed by atoms with Gasteiger partial charge in [0.05, 0.1) is 12.3 Å². The highest BCUT2D eigenvalue weighted by atomic mass is 16.5. The average Bonchev–Trinajstić information content (AvgIpc) is 2.86. The van der Waals surface area contributed by atoms with E-state index in [9.17, 15) is 0 Å². The van der Waals surface area contributed by atoms with Gasteiger partial charge in [0.1, 0.15) is 11.4 Å². The lowest BCUT2D eigenvalue weighted by atomic mass is 10.0. The maximum Gasteiger partial charge on any atom is 0.146 e. The van der Waals surface area contributed by atoms with Crippen LogP contribution >= 0.6 is 0 Å². The first kappa shape index (κ1) is 27.1. The van der Waals surface area contributed by atoms with Crippen molar-refractivity contribution in [2.75, 3.05) is 6.61 Å². The fourth-order valence-electron chi connectivity index (χ4n) is 4.10. The Morgan fingerprint density at radius 2 is 1.00 bits per heavy atom. The summed E-state index contributed by atoms with van der Waals surface area (Å²) >= 11 is 0. The van der Waals surface area contributed by atoms with Gasteiger partial charge in [-0.3, -0.25) is 0 Å². The number of hydrogen-bond acceptors (Lipinski definition) is 3. The number of ether oxygens (including phenoxy) is 1. The summed E-state index contributed by atoms with van der Waals surface area (Å²) in [6, 6.07) is 17.7. The first-order chi connectivity index (χ1) is 16.4. The van der Waals surface area contributed by atoms with Gasteiger partial charge in [-0.05, 0) is 30.7 Å². The van der Waals surface area contributed by atoms with Gasteiger partial charge < -0.3 is 4.74 Å². The zero-order chi connectivity index (χ0) is 23.2. The molecule has 0 aliphatic rings. The normalized spacial score (nSPS) is 11.3. The first-order valence-electron chi connectivity index (χ1n) is 13.6. The topological polar surface area (TPSA) is 34.0 Å². The number of hydrogen-bond donors (Lipinski definition) is 0. The zero-order valence-corrected chi connectivity index (χ0v) is 21.0. The number of para-hydroxylation sites is 1. The van der Waals surface area contributed by atoms with Crippen molar-refractivity contribution in [3.8, 4) is 5.75 Å². The van der Waals surface area contributed by atoms with Crippen LogP contribution in [0.1, 0.15) is 110 Å². The third kappa shape index (κ3) is 13.9. The van der Waals surface area contributed by atoms with Crippen molar-refractivity contribution in [2.45, 2.75) is 110 Å². The molecule has 0 saturated heterocycles. The molecule has 33 heavy (non-hydrogen) atoms. The van der Waals surface area contributed by atoms with E-state index in [0.717, 1.165) is 30.2 Å². The fourth-order valence-corrected chi connectivity index (χ4v) is 4.10. The summed E-state index contributed by atoms with van der Waals surface area (Å²) in [6.07, 6.45) is 22.1. The zero-order valence-electron chi connectivity index (χ0n) is 21.0. The Kier molecular flexibility index (Phi) is 15.9. The fraction of sp³-hybridized carbons (Fsp3) is 0.600. The van der Waals surface area contributed by atoms with Gasteiger partial charge in [0.2, 0.25) is 0 Å². The number of rotatable bonds is 20. The molecule has 0 saturated carbocycles. The van der Waals surface area contributed by atoms with Crippen LogP contribution in [0.2, 0.25) is 0 Å². The summed E-state index contributed by atoms with van der Waals surface area (Å²) < 4.78 is 5.99. The number of azo groups is 1. The third-order valence-electron chi connectivity index (χ3n) is 6.15. The number of benzene rings is 2. The molecule has 0 heterocycles. The van der Waals surface area contributed by atoms with Crippen molar-refractivity contribution in [2.24, 2.45) is 10.2 Å². The Bertz CT molecular complexity index is 729. The smallest absolute Gasteiger partial charge is 0.146 e. The molecule has 0 aliphatic heterocycles. The summed E-state index contributed by atoms with van der Waals surface area (Å²) in [7, 11) is 0. The standard InChI is InChI=1S/C30H46N2O/c1-2-3-4-5-6-7-8-9-10-11-12-13-14-15-16-22-27-33-30-26-21-20-25-29(30)32-31-28-23-18-17-19-24-28/h17-21,23-26H,2-16,22,27H2,1H3. The largest absolute Gasteiger partial charge is 0.491 e. The Balaban J connectivity index is 1.43. The maximum atomic E-state index is 5.99. The molecule has 2 rings (SSSR count). The van der Waals surface area contributed by atoms with E-state index in [-0.39, 0.29) is 0 Å². The molecule has 0 radical (unpaired) electrons. The lowest BCUT2D eigenvalue weighted by Crippen LogP contribution is -1.97. The molecule has 0 amide bonds. The number of nitrogens with zero attached hydrogens (tertiary/aromatic N) is 2. The van der Waals surface area contributed by atoms with E-state index >= 15 is 0 Å². The molecular weight excluding hydrogens is 404 g/mol. The van der Waals surface area contributed by atoms with Crippen LogP contribution in [0.15, 0.2) is 64.8 Å². The number of unbranched alkanes of at least 4 members (excludes halogenated alkanes) is 15. The summed E-state index contributed by atoms with van der Waals surface area (Å²) in [6.45, 7) is 3.04. The van der Waals surface area contributed by atoms with Crippen molar-refractivity contribution in [3.63, 3.8) is 0 Å². The monoisotopic (exact) mass is 450 g/mol. The molecule has 0 spiro atoms. The van der Waals surface area contributed by atoms with Crippen molar-refractivity contribution in [1.82, 2.24) is 0 Å². The quantitative estimate of drug-likeness (QED) is 0.146. The SMILES string of the molecule is CCCCCCCCCCCCCCCCCCOc1ccccc1N=Nc1ccccc1. The molecule has 3 nitrogen and oxygen atoms in total. The van der Waals surface area contributed by atoms with Crippen molar-refractivity contribution in [3.05, 3.63) is 54.6 Å². The first-order valence-corrected chi connectivity index (χ1v) is 13.6. The predicted octanol–water partition coefficient (Wildman–Crippen LogP) is 10.7. The Labute approximate surface area is 203 Å². The molecule has 0 N–H and O–H groups in total. The summed E-state index contributed by atoms with van der Waals surface area (Å²) in [5.41, 5.74) is 1.64. The highest BCUT2D eigenvalue weighted by molar-refractivity contribution is 5.51. The van der Waals surface area contributed by atoms with E-state index in [1.807, 2.05) is 54.6 Å². The Morgan fingerprint density at radius 3 is 1.58 bits per heavy atom. The van der Waals surface area contributed by atoms with Crippen LogP contribution < -0.4 is 4.74 Å². The van der Waals surface area contributed by atoms with E-state index in [1.54, 1.807) is 0 Å². The van der Waals surface area contributed by atoms with Gasteiger partial charge in [-0.15, -0.1) is 5.11 Å². The van der Waals surface area contributed by atoms with Gasteiger partial charge in [-0.1, -0.05) is 134 Å². The molecule has 0 bridgehead atoms. The summed E-state index contributed by atoms with van der Waals surface area (Å²) in [5, 5.41) is 8.68. The van der Waals surface area contributed by atoms with Gasteiger partial charge in [0.15, 0.2) is 0 Å². The Hall–Kier alpha value is -2.16. The second kappa shape index (κ2) is 19.3. The van der Waals surface area contributed by atoms with Crippen molar-refractivity contribution in [1.29, 1.82) is 0 Å². The second-order valence-corrected chi connectivity index (χ2v) is 9.16. The van der Waals surface area contributed by atoms with Crippen LogP contribution in [0.25, 0.3) is 0 Å². The molecule has 3 heteroatoms. The third-order valence-corrected chi connectivity index (χ3v) is 6.15. The van der Waals surface area contributed by atoms with Crippen LogP contribution in [0.5, 0.6) is 5.75 Å². The summed E-state index contributed by atoms with van der Waals surface area (Å²) in [4.78, 5) is 0. The van der Waals surface area contributed by atoms with Crippen LogP contribution in [0.4, 0.5) is 11.4 Å². The highest BCUT2D eigenvalue weighted by Crippen LogP contribution is 2.29. The van der Waals surface area contributed by atoms with Gasteiger partial charge in [0.25, 0.3) is 0 Å². The molecule has 2 aromatic carbocycles. The van der Waals surface area contributed by atoms with Crippen LogP contribution in [-0.2, 0) is 0 Å². The minimum Gasteiger partial charge on any atom is -0.491 e. The van der Waals surface area contributed by atoms with Crippen LogP contribution in [0.3, 0.4) is 0 Å². The van der Waals surface area contributed by atoms with Crippen molar-refractivity contribution >= 4 is 11.4 Å². The molecule has 0 atom stereocenters. The van der Waals surface area contributed by atoms with Gasteiger partial charge in [-0.25, -0.2) is 0 Å². The molecule has 0 fully saturated rings. The molecule has 182 valence electrons. The van der Waals surface area contributed by atoms with E-state index in [1.165, 1.54) is 96.3 Å². The lowest BCUT2D eigenvalue weighted by molar-refractivity contribution is 0.305. The van der Waals surface area contributed by atoms with Gasteiger partial charge >= 0.3 is 0 Å². The molecule has 0 unspecified atom stereocenters. The minimum absolute atomic E-state index is 0.746. The van der Waals surface area contributed by atoms with Crippen LogP contribution in [0, 0.1) is 0 Å². The molecule has 0 aliphatic carbocycles. The summed E-state index contributed by atoms with van der Waals surface area (Å²) in [5.74, 6) is 0.818. The highest BCUT2D eigenvalue weighted by Gasteiger charge is 2.02. The molecule has 0 aromatic heterocycles. The van der Waals surface area contributed by atoms with Crippen molar-refractivity contribution < 1.29 is 4.74 Å². The predicted molar refractivity (Wildman–Crippen MR) is 142 cm³/mol.